The Morgan fingerprint density at radius 3 is 2.20 bits per heavy atom. The Kier molecular flexibility index (Phi) is 6.73. The van der Waals surface area contributed by atoms with Crippen LogP contribution in [0.1, 0.15) is 51.2 Å². The second-order valence-electron chi connectivity index (χ2n) is 5.98. The van der Waals surface area contributed by atoms with Gasteiger partial charge in [0.1, 0.15) is 6.04 Å². The van der Waals surface area contributed by atoms with E-state index in [0.29, 0.717) is 18.4 Å². The highest BCUT2D eigenvalue weighted by Gasteiger charge is 2.19. The molecule has 1 N–H and O–H groups in total. The Morgan fingerprint density at radius 1 is 1.15 bits per heavy atom. The highest BCUT2D eigenvalue weighted by Crippen LogP contribution is 2.15. The molecule has 0 heterocycles. The SMILES string of the molecule is COC(=O)C(CC(C)C)NCc1ccc(C(C)C)cc1. The fraction of sp³-hybridized carbons (Fsp3) is 0.588. The van der Waals surface area contributed by atoms with Crippen molar-refractivity contribution in [2.75, 3.05) is 7.11 Å². The molecule has 0 aliphatic heterocycles. The molecule has 1 aromatic carbocycles. The summed E-state index contributed by atoms with van der Waals surface area (Å²) in [6.07, 6.45) is 0.788. The van der Waals surface area contributed by atoms with E-state index in [1.54, 1.807) is 0 Å². The van der Waals surface area contributed by atoms with Gasteiger partial charge in [0.05, 0.1) is 7.11 Å². The van der Waals surface area contributed by atoms with Crippen LogP contribution in [0.2, 0.25) is 0 Å². The summed E-state index contributed by atoms with van der Waals surface area (Å²) in [5.41, 5.74) is 2.52. The van der Waals surface area contributed by atoms with Gasteiger partial charge in [0, 0.05) is 6.54 Å². The molecule has 112 valence electrons. The molecule has 20 heavy (non-hydrogen) atoms. The zero-order valence-electron chi connectivity index (χ0n) is 13.3. The molecule has 0 spiro atoms. The molecule has 1 rings (SSSR count). The molecular weight excluding hydrogens is 250 g/mol. The standard InChI is InChI=1S/C17H27NO2/c1-12(2)10-16(17(19)20-5)18-11-14-6-8-15(9-7-14)13(3)4/h6-9,12-13,16,18H,10-11H2,1-5H3. The summed E-state index contributed by atoms with van der Waals surface area (Å²) in [5.74, 6) is 0.813. The normalized spacial score (nSPS) is 12.8. The average Bonchev–Trinajstić information content (AvgIpc) is 2.42. The number of esters is 1. The first-order valence-corrected chi connectivity index (χ1v) is 7.34. The van der Waals surface area contributed by atoms with Crippen molar-refractivity contribution >= 4 is 5.97 Å². The van der Waals surface area contributed by atoms with Gasteiger partial charge in [0.25, 0.3) is 0 Å². The molecule has 0 aromatic heterocycles. The van der Waals surface area contributed by atoms with E-state index in [1.165, 1.54) is 18.2 Å². The fourth-order valence-electron chi connectivity index (χ4n) is 2.14. The molecule has 0 saturated heterocycles. The number of nitrogens with one attached hydrogen (secondary N) is 1. The number of benzene rings is 1. The molecule has 0 amide bonds. The lowest BCUT2D eigenvalue weighted by Crippen LogP contribution is -2.38. The molecule has 3 heteroatoms. The maximum atomic E-state index is 11.7. The fourth-order valence-corrected chi connectivity index (χ4v) is 2.14. The van der Waals surface area contributed by atoms with E-state index in [-0.39, 0.29) is 12.0 Å². The third-order valence-electron chi connectivity index (χ3n) is 3.39. The van der Waals surface area contributed by atoms with E-state index >= 15 is 0 Å². The molecule has 3 nitrogen and oxygen atoms in total. The summed E-state index contributed by atoms with van der Waals surface area (Å²) in [7, 11) is 1.44. The van der Waals surface area contributed by atoms with E-state index in [0.717, 1.165) is 6.42 Å². The predicted octanol–water partition coefficient (Wildman–Crippen LogP) is 3.49. The second kappa shape index (κ2) is 8.05. The van der Waals surface area contributed by atoms with Crippen molar-refractivity contribution in [1.82, 2.24) is 5.32 Å². The van der Waals surface area contributed by atoms with Crippen molar-refractivity contribution in [3.05, 3.63) is 35.4 Å². The minimum Gasteiger partial charge on any atom is -0.468 e. The smallest absolute Gasteiger partial charge is 0.322 e. The van der Waals surface area contributed by atoms with Crippen molar-refractivity contribution in [3.8, 4) is 0 Å². The number of carbonyl (C=O) groups is 1. The van der Waals surface area contributed by atoms with Crippen LogP contribution < -0.4 is 5.32 Å². The maximum Gasteiger partial charge on any atom is 0.322 e. The minimum absolute atomic E-state index is 0.183. The molecule has 0 bridgehead atoms. The summed E-state index contributed by atoms with van der Waals surface area (Å²) in [6.45, 7) is 9.27. The summed E-state index contributed by atoms with van der Waals surface area (Å²) in [6, 6.07) is 8.30. The van der Waals surface area contributed by atoms with Gasteiger partial charge in [-0.3, -0.25) is 4.79 Å². The van der Waals surface area contributed by atoms with Gasteiger partial charge in [-0.25, -0.2) is 0 Å². The third-order valence-corrected chi connectivity index (χ3v) is 3.39. The van der Waals surface area contributed by atoms with Gasteiger partial charge in [-0.05, 0) is 29.4 Å². The Bertz CT molecular complexity index is 410. The number of hydrogen-bond donors (Lipinski definition) is 1. The molecule has 0 aliphatic rings. The van der Waals surface area contributed by atoms with Crippen molar-refractivity contribution in [2.24, 2.45) is 5.92 Å². The van der Waals surface area contributed by atoms with Crippen LogP contribution in [0.15, 0.2) is 24.3 Å². The van der Waals surface area contributed by atoms with Crippen LogP contribution in [0.3, 0.4) is 0 Å². The maximum absolute atomic E-state index is 11.7. The second-order valence-corrected chi connectivity index (χ2v) is 5.98. The van der Waals surface area contributed by atoms with Gasteiger partial charge in [-0.15, -0.1) is 0 Å². The molecule has 0 radical (unpaired) electrons. The predicted molar refractivity (Wildman–Crippen MR) is 82.6 cm³/mol. The van der Waals surface area contributed by atoms with Crippen LogP contribution in [-0.2, 0) is 16.1 Å². The van der Waals surface area contributed by atoms with Crippen LogP contribution in [0.4, 0.5) is 0 Å². The van der Waals surface area contributed by atoms with Gasteiger partial charge < -0.3 is 10.1 Å². The molecule has 1 atom stereocenters. The Morgan fingerprint density at radius 2 is 1.75 bits per heavy atom. The van der Waals surface area contributed by atoms with Gasteiger partial charge in [-0.2, -0.15) is 0 Å². The number of methoxy groups -OCH3 is 1. The zero-order chi connectivity index (χ0) is 15.1. The zero-order valence-corrected chi connectivity index (χ0v) is 13.3. The van der Waals surface area contributed by atoms with Gasteiger partial charge in [0.2, 0.25) is 0 Å². The summed E-state index contributed by atoms with van der Waals surface area (Å²) in [4.78, 5) is 11.7. The van der Waals surface area contributed by atoms with Crippen LogP contribution in [0, 0.1) is 5.92 Å². The molecule has 0 saturated carbocycles. The van der Waals surface area contributed by atoms with E-state index in [1.807, 2.05) is 0 Å². The van der Waals surface area contributed by atoms with Crippen LogP contribution >= 0.6 is 0 Å². The van der Waals surface area contributed by atoms with Gasteiger partial charge in [0.15, 0.2) is 0 Å². The van der Waals surface area contributed by atoms with Crippen LogP contribution in [-0.4, -0.2) is 19.1 Å². The Labute approximate surface area is 122 Å². The number of carbonyl (C=O) groups excluding carboxylic acids is 1. The first kappa shape index (κ1) is 16.7. The van der Waals surface area contributed by atoms with E-state index in [4.69, 9.17) is 4.74 Å². The van der Waals surface area contributed by atoms with E-state index in [9.17, 15) is 4.79 Å². The topological polar surface area (TPSA) is 38.3 Å². The molecule has 0 fully saturated rings. The largest absolute Gasteiger partial charge is 0.468 e. The van der Waals surface area contributed by atoms with Crippen molar-refractivity contribution in [3.63, 3.8) is 0 Å². The lowest BCUT2D eigenvalue weighted by molar-refractivity contribution is -0.143. The molecular formula is C17H27NO2. The quantitative estimate of drug-likeness (QED) is 0.775. The monoisotopic (exact) mass is 277 g/mol. The average molecular weight is 277 g/mol. The van der Waals surface area contributed by atoms with Gasteiger partial charge >= 0.3 is 5.97 Å². The summed E-state index contributed by atoms with van der Waals surface area (Å²) < 4.78 is 4.85. The van der Waals surface area contributed by atoms with Crippen molar-refractivity contribution < 1.29 is 9.53 Å². The highest BCUT2D eigenvalue weighted by atomic mass is 16.5. The number of ether oxygens (including phenoxy) is 1. The van der Waals surface area contributed by atoms with Crippen LogP contribution in [0.25, 0.3) is 0 Å². The van der Waals surface area contributed by atoms with Crippen molar-refractivity contribution in [2.45, 2.75) is 52.6 Å². The number of hydrogen-bond acceptors (Lipinski definition) is 3. The first-order chi connectivity index (χ1) is 9.43. The Hall–Kier alpha value is -1.35. The number of rotatable bonds is 7. The Balaban J connectivity index is 2.60. The molecule has 1 unspecified atom stereocenters. The van der Waals surface area contributed by atoms with E-state index < -0.39 is 0 Å². The molecule has 1 aromatic rings. The minimum atomic E-state index is -0.232. The lowest BCUT2D eigenvalue weighted by Gasteiger charge is -2.18. The lowest BCUT2D eigenvalue weighted by atomic mass is 10.0. The summed E-state index contributed by atoms with van der Waals surface area (Å²) >= 11 is 0. The third kappa shape index (κ3) is 5.33. The molecule has 0 aliphatic carbocycles. The summed E-state index contributed by atoms with van der Waals surface area (Å²) in [5, 5.41) is 3.29. The van der Waals surface area contributed by atoms with Crippen molar-refractivity contribution in [1.29, 1.82) is 0 Å². The highest BCUT2D eigenvalue weighted by molar-refractivity contribution is 5.75. The van der Waals surface area contributed by atoms with E-state index in [2.05, 4.69) is 57.3 Å². The van der Waals surface area contributed by atoms with Crippen LogP contribution in [0.5, 0.6) is 0 Å². The van der Waals surface area contributed by atoms with Gasteiger partial charge in [-0.1, -0.05) is 52.0 Å². The first-order valence-electron chi connectivity index (χ1n) is 7.34.